The number of pyridine rings is 1. The zero-order valence-electron chi connectivity index (χ0n) is 9.83. The van der Waals surface area contributed by atoms with Crippen molar-refractivity contribution in [3.8, 4) is 0 Å². The smallest absolute Gasteiger partial charge is 0.0621 e. The van der Waals surface area contributed by atoms with Crippen LogP contribution >= 0.6 is 39.1 Å². The van der Waals surface area contributed by atoms with Crippen LogP contribution in [-0.2, 0) is 6.42 Å². The van der Waals surface area contributed by atoms with Crippen LogP contribution in [0, 0.1) is 6.92 Å². The minimum atomic E-state index is 0.216. The van der Waals surface area contributed by atoms with E-state index < -0.39 is 0 Å². The highest BCUT2D eigenvalue weighted by atomic mass is 79.9. The molecular weight excluding hydrogens is 333 g/mol. The van der Waals surface area contributed by atoms with E-state index in [1.165, 1.54) is 5.56 Å². The lowest BCUT2D eigenvalue weighted by atomic mass is 10.0. The standard InChI is InChI=1S/C14H12BrCl2N/c1-9-6-10(2-3-13(9)16)12(15)7-11-4-5-18-8-14(11)17/h2-6,8,12H,7H2,1H3. The van der Waals surface area contributed by atoms with E-state index in [4.69, 9.17) is 23.2 Å². The fourth-order valence-corrected chi connectivity index (χ4v) is 2.69. The predicted molar refractivity (Wildman–Crippen MR) is 80.8 cm³/mol. The number of aryl methyl sites for hydroxylation is 1. The van der Waals surface area contributed by atoms with E-state index in [2.05, 4.69) is 27.0 Å². The van der Waals surface area contributed by atoms with Crippen molar-refractivity contribution in [3.63, 3.8) is 0 Å². The van der Waals surface area contributed by atoms with Crippen LogP contribution in [0.3, 0.4) is 0 Å². The monoisotopic (exact) mass is 343 g/mol. The summed E-state index contributed by atoms with van der Waals surface area (Å²) in [6.07, 6.45) is 4.25. The molecule has 0 bridgehead atoms. The lowest BCUT2D eigenvalue weighted by molar-refractivity contribution is 0.943. The Bertz CT molecular complexity index is 557. The summed E-state index contributed by atoms with van der Waals surface area (Å²) in [4.78, 5) is 4.20. The molecule has 2 aromatic rings. The molecule has 0 fully saturated rings. The van der Waals surface area contributed by atoms with Crippen LogP contribution in [0.15, 0.2) is 36.7 Å². The lowest BCUT2D eigenvalue weighted by Crippen LogP contribution is -1.97. The Morgan fingerprint density at radius 1 is 1.22 bits per heavy atom. The van der Waals surface area contributed by atoms with Gasteiger partial charge in [-0.05, 0) is 42.2 Å². The highest BCUT2D eigenvalue weighted by Crippen LogP contribution is 2.31. The summed E-state index contributed by atoms with van der Waals surface area (Å²) in [7, 11) is 0. The third kappa shape index (κ3) is 3.25. The quantitative estimate of drug-likeness (QED) is 0.681. The molecular formula is C14H12BrCl2N. The summed E-state index contributed by atoms with van der Waals surface area (Å²) in [5.74, 6) is 0. The number of nitrogens with zero attached hydrogens (tertiary/aromatic N) is 1. The molecule has 0 aliphatic carbocycles. The van der Waals surface area contributed by atoms with Crippen molar-refractivity contribution < 1.29 is 0 Å². The van der Waals surface area contributed by atoms with E-state index in [0.29, 0.717) is 5.02 Å². The average molecular weight is 345 g/mol. The van der Waals surface area contributed by atoms with E-state index in [-0.39, 0.29) is 4.83 Å². The van der Waals surface area contributed by atoms with Crippen LogP contribution in [0.1, 0.15) is 21.5 Å². The van der Waals surface area contributed by atoms with Gasteiger partial charge in [0.15, 0.2) is 0 Å². The van der Waals surface area contributed by atoms with Gasteiger partial charge in [0.1, 0.15) is 0 Å². The second kappa shape index (κ2) is 6.05. The zero-order chi connectivity index (χ0) is 13.1. The van der Waals surface area contributed by atoms with Gasteiger partial charge in [-0.25, -0.2) is 0 Å². The summed E-state index contributed by atoms with van der Waals surface area (Å²) < 4.78 is 0. The summed E-state index contributed by atoms with van der Waals surface area (Å²) in [5.41, 5.74) is 3.37. The van der Waals surface area contributed by atoms with Gasteiger partial charge in [-0.3, -0.25) is 4.98 Å². The normalized spacial score (nSPS) is 12.4. The van der Waals surface area contributed by atoms with Gasteiger partial charge in [-0.1, -0.05) is 51.3 Å². The second-order valence-electron chi connectivity index (χ2n) is 4.15. The molecule has 94 valence electrons. The number of hydrogen-bond donors (Lipinski definition) is 0. The summed E-state index contributed by atoms with van der Waals surface area (Å²) in [5, 5.41) is 1.49. The van der Waals surface area contributed by atoms with Crippen molar-refractivity contribution >= 4 is 39.1 Å². The fraction of sp³-hybridized carbons (Fsp3) is 0.214. The Kier molecular flexibility index (Phi) is 4.66. The zero-order valence-corrected chi connectivity index (χ0v) is 12.9. The van der Waals surface area contributed by atoms with Crippen LogP contribution < -0.4 is 0 Å². The van der Waals surface area contributed by atoms with Gasteiger partial charge >= 0.3 is 0 Å². The molecule has 4 heteroatoms. The number of hydrogen-bond acceptors (Lipinski definition) is 1. The van der Waals surface area contributed by atoms with Crippen LogP contribution in [-0.4, -0.2) is 4.98 Å². The fourth-order valence-electron chi connectivity index (χ4n) is 1.74. The van der Waals surface area contributed by atoms with Crippen LogP contribution in [0.4, 0.5) is 0 Å². The maximum absolute atomic E-state index is 6.11. The average Bonchev–Trinajstić information content (AvgIpc) is 2.35. The van der Waals surface area contributed by atoms with Crippen molar-refractivity contribution in [2.45, 2.75) is 18.2 Å². The first-order valence-corrected chi connectivity index (χ1v) is 7.23. The van der Waals surface area contributed by atoms with Gasteiger partial charge in [-0.2, -0.15) is 0 Å². The second-order valence-corrected chi connectivity index (χ2v) is 6.07. The molecule has 0 aliphatic rings. The molecule has 0 amide bonds. The molecule has 1 nitrogen and oxygen atoms in total. The van der Waals surface area contributed by atoms with E-state index in [1.54, 1.807) is 12.4 Å². The number of halogens is 3. The molecule has 0 saturated heterocycles. The molecule has 1 unspecified atom stereocenters. The Labute approximate surface area is 125 Å². The van der Waals surface area contributed by atoms with Crippen LogP contribution in [0.2, 0.25) is 10.0 Å². The molecule has 1 aromatic carbocycles. The predicted octanol–water partition coefficient (Wildman–Crippen LogP) is 5.38. The number of benzene rings is 1. The molecule has 1 aromatic heterocycles. The molecule has 1 atom stereocenters. The van der Waals surface area contributed by atoms with Crippen molar-refractivity contribution in [2.24, 2.45) is 0 Å². The molecule has 18 heavy (non-hydrogen) atoms. The summed E-state index contributed by atoms with van der Waals surface area (Å²) in [6.45, 7) is 2.00. The van der Waals surface area contributed by atoms with E-state index in [1.807, 2.05) is 25.1 Å². The maximum Gasteiger partial charge on any atom is 0.0621 e. The number of rotatable bonds is 3. The lowest BCUT2D eigenvalue weighted by Gasteiger charge is -2.12. The number of alkyl halides is 1. The Balaban J connectivity index is 2.19. The van der Waals surface area contributed by atoms with Gasteiger partial charge in [0.2, 0.25) is 0 Å². The largest absolute Gasteiger partial charge is 0.263 e. The third-order valence-corrected chi connectivity index (χ3v) is 4.42. The molecule has 0 saturated carbocycles. The van der Waals surface area contributed by atoms with Crippen molar-refractivity contribution in [3.05, 3.63) is 63.4 Å². The highest BCUT2D eigenvalue weighted by Gasteiger charge is 2.11. The Morgan fingerprint density at radius 3 is 2.67 bits per heavy atom. The van der Waals surface area contributed by atoms with Crippen molar-refractivity contribution in [1.29, 1.82) is 0 Å². The van der Waals surface area contributed by atoms with Gasteiger partial charge in [0, 0.05) is 22.2 Å². The highest BCUT2D eigenvalue weighted by molar-refractivity contribution is 9.09. The van der Waals surface area contributed by atoms with E-state index in [9.17, 15) is 0 Å². The van der Waals surface area contributed by atoms with E-state index in [0.717, 1.165) is 22.6 Å². The molecule has 2 rings (SSSR count). The Hall–Kier alpha value is -0.570. The van der Waals surface area contributed by atoms with Gasteiger partial charge < -0.3 is 0 Å². The third-order valence-electron chi connectivity index (χ3n) is 2.80. The van der Waals surface area contributed by atoms with Crippen LogP contribution in [0.25, 0.3) is 0 Å². The van der Waals surface area contributed by atoms with Crippen LogP contribution in [0.5, 0.6) is 0 Å². The van der Waals surface area contributed by atoms with Crippen molar-refractivity contribution in [2.75, 3.05) is 0 Å². The number of aromatic nitrogens is 1. The van der Waals surface area contributed by atoms with Crippen molar-refractivity contribution in [1.82, 2.24) is 4.98 Å². The molecule has 0 aliphatic heterocycles. The van der Waals surface area contributed by atoms with E-state index >= 15 is 0 Å². The SMILES string of the molecule is Cc1cc(C(Br)Cc2ccncc2Cl)ccc1Cl. The topological polar surface area (TPSA) is 12.9 Å². The molecule has 0 N–H and O–H groups in total. The van der Waals surface area contributed by atoms with Gasteiger partial charge in [0.05, 0.1) is 5.02 Å². The first-order valence-electron chi connectivity index (χ1n) is 5.56. The summed E-state index contributed by atoms with van der Waals surface area (Å²) >= 11 is 15.8. The molecule has 1 heterocycles. The van der Waals surface area contributed by atoms with Gasteiger partial charge in [-0.15, -0.1) is 0 Å². The minimum absolute atomic E-state index is 0.216. The first-order chi connectivity index (χ1) is 8.58. The molecule has 0 radical (unpaired) electrons. The summed E-state index contributed by atoms with van der Waals surface area (Å²) in [6, 6.07) is 7.99. The minimum Gasteiger partial charge on any atom is -0.263 e. The first kappa shape index (κ1) is 13.9. The van der Waals surface area contributed by atoms with Gasteiger partial charge in [0.25, 0.3) is 0 Å². The maximum atomic E-state index is 6.11. The molecule has 0 spiro atoms. The Morgan fingerprint density at radius 2 is 2.00 bits per heavy atom.